The highest BCUT2D eigenvalue weighted by Crippen LogP contribution is 2.35. The molecule has 1 aliphatic heterocycles. The average molecular weight is 525 g/mol. The van der Waals surface area contributed by atoms with Gasteiger partial charge in [-0.2, -0.15) is 0 Å². The van der Waals surface area contributed by atoms with Gasteiger partial charge in [0.1, 0.15) is 24.8 Å². The van der Waals surface area contributed by atoms with E-state index in [2.05, 4.69) is 5.32 Å². The lowest BCUT2D eigenvalue weighted by Crippen LogP contribution is -2.36. The Kier molecular flexibility index (Phi) is 8.19. The van der Waals surface area contributed by atoms with Gasteiger partial charge in [0, 0.05) is 6.07 Å². The molecule has 0 aromatic heterocycles. The van der Waals surface area contributed by atoms with Gasteiger partial charge < -0.3 is 14.8 Å². The van der Waals surface area contributed by atoms with Gasteiger partial charge in [-0.15, -0.1) is 0 Å². The number of amides is 3. The predicted octanol–water partition coefficient (Wildman–Crippen LogP) is 5.62. The van der Waals surface area contributed by atoms with E-state index in [1.165, 1.54) is 6.08 Å². The van der Waals surface area contributed by atoms with Gasteiger partial charge in [-0.05, 0) is 60.2 Å². The highest BCUT2D eigenvalue weighted by atomic mass is 32.2. The van der Waals surface area contributed by atoms with E-state index in [4.69, 9.17) is 9.47 Å². The van der Waals surface area contributed by atoms with Gasteiger partial charge in [-0.3, -0.25) is 19.3 Å². The summed E-state index contributed by atoms with van der Waals surface area (Å²) in [4.78, 5) is 38.4. The van der Waals surface area contributed by atoms with Crippen LogP contribution in [0.15, 0.2) is 71.6 Å². The minimum Gasteiger partial charge on any atom is -0.490 e. The number of nitrogens with zero attached hydrogens (tertiary/aromatic N) is 1. The van der Waals surface area contributed by atoms with Crippen LogP contribution in [0.2, 0.25) is 0 Å². The van der Waals surface area contributed by atoms with Gasteiger partial charge in [0.15, 0.2) is 11.5 Å². The lowest BCUT2D eigenvalue weighted by atomic mass is 10.1. The van der Waals surface area contributed by atoms with Gasteiger partial charge >= 0.3 is 0 Å². The van der Waals surface area contributed by atoms with E-state index >= 15 is 0 Å². The quantitative estimate of drug-likeness (QED) is 0.366. The predicted molar refractivity (Wildman–Crippen MR) is 136 cm³/mol. The first-order chi connectivity index (χ1) is 17.8. The maximum atomic E-state index is 13.8. The second-order valence-corrected chi connectivity index (χ2v) is 8.85. The Morgan fingerprint density at radius 1 is 1.00 bits per heavy atom. The Morgan fingerprint density at radius 2 is 1.78 bits per heavy atom. The van der Waals surface area contributed by atoms with Crippen molar-refractivity contribution in [1.82, 2.24) is 4.90 Å². The summed E-state index contributed by atoms with van der Waals surface area (Å²) in [7, 11) is 0. The monoisotopic (exact) mass is 524 g/mol. The summed E-state index contributed by atoms with van der Waals surface area (Å²) in [6.45, 7) is 1.96. The van der Waals surface area contributed by atoms with Crippen molar-refractivity contribution in [3.8, 4) is 11.5 Å². The molecule has 0 saturated carbocycles. The number of rotatable bonds is 9. The summed E-state index contributed by atoms with van der Waals surface area (Å²) >= 11 is 0.684. The zero-order valence-electron chi connectivity index (χ0n) is 19.7. The SMILES string of the molecule is CCOc1cc(/C=C2/SC(=O)N(CC(=O)Nc3ccc(F)cc3F)C2=O)ccc1OCc1ccccc1. The zero-order chi connectivity index (χ0) is 26.4. The number of carbonyl (C=O) groups is 3. The molecule has 1 fully saturated rings. The van der Waals surface area contributed by atoms with Crippen LogP contribution in [0.1, 0.15) is 18.1 Å². The summed E-state index contributed by atoms with van der Waals surface area (Å²) < 4.78 is 38.4. The van der Waals surface area contributed by atoms with Crippen LogP contribution in [-0.4, -0.2) is 35.1 Å². The Bertz CT molecular complexity index is 1360. The number of hydrogen-bond acceptors (Lipinski definition) is 6. The van der Waals surface area contributed by atoms with Crippen molar-refractivity contribution in [2.24, 2.45) is 0 Å². The van der Waals surface area contributed by atoms with Crippen molar-refractivity contribution in [3.63, 3.8) is 0 Å². The number of benzene rings is 3. The maximum Gasteiger partial charge on any atom is 0.294 e. The van der Waals surface area contributed by atoms with Crippen LogP contribution in [0.3, 0.4) is 0 Å². The second kappa shape index (κ2) is 11.7. The summed E-state index contributed by atoms with van der Waals surface area (Å²) in [5.41, 5.74) is 1.33. The minimum absolute atomic E-state index is 0.117. The van der Waals surface area contributed by atoms with E-state index in [9.17, 15) is 23.2 Å². The molecule has 7 nitrogen and oxygen atoms in total. The van der Waals surface area contributed by atoms with E-state index in [-0.39, 0.29) is 10.6 Å². The number of thioether (sulfide) groups is 1. The Labute approximate surface area is 216 Å². The minimum atomic E-state index is -0.969. The molecule has 10 heteroatoms. The maximum absolute atomic E-state index is 13.8. The normalized spacial score (nSPS) is 14.2. The first-order valence-corrected chi connectivity index (χ1v) is 12.1. The molecule has 0 spiro atoms. The number of imide groups is 1. The second-order valence-electron chi connectivity index (χ2n) is 7.85. The molecular weight excluding hydrogens is 502 g/mol. The third-order valence-corrected chi connectivity index (χ3v) is 6.09. The van der Waals surface area contributed by atoms with Crippen molar-refractivity contribution in [2.75, 3.05) is 18.5 Å². The van der Waals surface area contributed by atoms with Crippen LogP contribution in [0, 0.1) is 11.6 Å². The Hall–Kier alpha value is -4.18. The number of carbonyl (C=O) groups excluding carboxylic acids is 3. The highest BCUT2D eigenvalue weighted by Gasteiger charge is 2.36. The molecule has 0 aliphatic carbocycles. The van der Waals surface area contributed by atoms with Crippen LogP contribution in [0.5, 0.6) is 11.5 Å². The molecular formula is C27H22F2N2O5S. The molecule has 0 radical (unpaired) electrons. The Balaban J connectivity index is 1.45. The number of hydrogen-bond donors (Lipinski definition) is 1. The van der Waals surface area contributed by atoms with E-state index < -0.39 is 35.2 Å². The first kappa shape index (κ1) is 25.9. The van der Waals surface area contributed by atoms with Gasteiger partial charge in [-0.1, -0.05) is 36.4 Å². The van der Waals surface area contributed by atoms with Gasteiger partial charge in [0.05, 0.1) is 17.2 Å². The summed E-state index contributed by atoms with van der Waals surface area (Å²) in [6.07, 6.45) is 1.52. The fraction of sp³-hybridized carbons (Fsp3) is 0.148. The first-order valence-electron chi connectivity index (χ1n) is 11.3. The lowest BCUT2D eigenvalue weighted by molar-refractivity contribution is -0.127. The molecule has 4 rings (SSSR count). The molecule has 3 amide bonds. The van der Waals surface area contributed by atoms with Crippen LogP contribution >= 0.6 is 11.8 Å². The van der Waals surface area contributed by atoms with E-state index in [0.29, 0.717) is 48.1 Å². The average Bonchev–Trinajstić information content (AvgIpc) is 3.13. The van der Waals surface area contributed by atoms with Crippen LogP contribution < -0.4 is 14.8 Å². The molecule has 1 saturated heterocycles. The summed E-state index contributed by atoms with van der Waals surface area (Å²) in [5, 5.41) is 1.60. The summed E-state index contributed by atoms with van der Waals surface area (Å²) in [6, 6.07) is 17.4. The third kappa shape index (κ3) is 6.53. The van der Waals surface area contributed by atoms with E-state index in [1.807, 2.05) is 37.3 Å². The zero-order valence-corrected chi connectivity index (χ0v) is 20.5. The number of halogens is 2. The van der Waals surface area contributed by atoms with Gasteiger partial charge in [0.2, 0.25) is 5.91 Å². The molecule has 190 valence electrons. The fourth-order valence-electron chi connectivity index (χ4n) is 3.45. The van der Waals surface area contributed by atoms with Crippen molar-refractivity contribution in [2.45, 2.75) is 13.5 Å². The topological polar surface area (TPSA) is 84.9 Å². The Morgan fingerprint density at radius 3 is 2.51 bits per heavy atom. The van der Waals surface area contributed by atoms with E-state index in [1.54, 1.807) is 18.2 Å². The molecule has 0 bridgehead atoms. The number of nitrogens with one attached hydrogen (secondary N) is 1. The fourth-order valence-corrected chi connectivity index (χ4v) is 4.29. The number of ether oxygens (including phenoxy) is 2. The number of anilines is 1. The van der Waals surface area contributed by atoms with Crippen molar-refractivity contribution < 1.29 is 32.6 Å². The standard InChI is InChI=1S/C27H22F2N2O5S/c1-2-35-23-12-18(8-11-22(23)36-16-17-6-4-3-5-7-17)13-24-26(33)31(27(34)37-24)15-25(32)30-21-10-9-19(28)14-20(21)29/h3-14H,2,15-16H2,1H3,(H,30,32)/b24-13+. The molecule has 1 N–H and O–H groups in total. The van der Waals surface area contributed by atoms with Crippen LogP contribution in [0.4, 0.5) is 19.3 Å². The third-order valence-electron chi connectivity index (χ3n) is 5.18. The molecule has 1 aliphatic rings. The smallest absolute Gasteiger partial charge is 0.294 e. The van der Waals surface area contributed by atoms with Crippen LogP contribution in [-0.2, 0) is 16.2 Å². The van der Waals surface area contributed by atoms with Crippen LogP contribution in [0.25, 0.3) is 6.08 Å². The summed E-state index contributed by atoms with van der Waals surface area (Å²) in [5.74, 6) is -2.22. The molecule has 37 heavy (non-hydrogen) atoms. The molecule has 3 aromatic carbocycles. The molecule has 1 heterocycles. The van der Waals surface area contributed by atoms with Crippen molar-refractivity contribution in [3.05, 3.63) is 94.4 Å². The van der Waals surface area contributed by atoms with Gasteiger partial charge in [-0.25, -0.2) is 8.78 Å². The lowest BCUT2D eigenvalue weighted by Gasteiger charge is -2.13. The highest BCUT2D eigenvalue weighted by molar-refractivity contribution is 8.18. The molecule has 3 aromatic rings. The van der Waals surface area contributed by atoms with Gasteiger partial charge in [0.25, 0.3) is 11.1 Å². The largest absolute Gasteiger partial charge is 0.490 e. The van der Waals surface area contributed by atoms with E-state index in [0.717, 1.165) is 22.6 Å². The molecule has 0 unspecified atom stereocenters. The molecule has 0 atom stereocenters. The van der Waals surface area contributed by atoms with Crippen molar-refractivity contribution >= 4 is 40.6 Å². The van der Waals surface area contributed by atoms with Crippen molar-refractivity contribution in [1.29, 1.82) is 0 Å².